The lowest BCUT2D eigenvalue weighted by Crippen LogP contribution is -2.36. The molecule has 1 aliphatic heterocycles. The molecule has 0 amide bonds. The molecule has 0 spiro atoms. The van der Waals surface area contributed by atoms with E-state index in [1.807, 2.05) is 18.2 Å². The van der Waals surface area contributed by atoms with Gasteiger partial charge >= 0.3 is 0 Å². The fourth-order valence-electron chi connectivity index (χ4n) is 2.39. The van der Waals surface area contributed by atoms with Crippen LogP contribution in [-0.4, -0.2) is 25.9 Å². The molecule has 1 fully saturated rings. The highest BCUT2D eigenvalue weighted by atomic mass is 79.9. The lowest BCUT2D eigenvalue weighted by atomic mass is 9.95. The van der Waals surface area contributed by atoms with Crippen LogP contribution in [0, 0.1) is 5.92 Å². The molecule has 0 radical (unpaired) electrons. The van der Waals surface area contributed by atoms with Crippen LogP contribution in [0.3, 0.4) is 0 Å². The predicted octanol–water partition coefficient (Wildman–Crippen LogP) is 4.07. The first-order valence-corrected chi connectivity index (χ1v) is 7.61. The lowest BCUT2D eigenvalue weighted by Gasteiger charge is -2.33. The van der Waals surface area contributed by atoms with Gasteiger partial charge in [-0.15, -0.1) is 0 Å². The highest BCUT2D eigenvalue weighted by Crippen LogP contribution is 2.30. The van der Waals surface area contributed by atoms with Gasteiger partial charge in [0.1, 0.15) is 5.75 Å². The van der Waals surface area contributed by atoms with Gasteiger partial charge in [0.05, 0.1) is 18.9 Å². The molecular formula is C15H22BrNO2. The summed E-state index contributed by atoms with van der Waals surface area (Å²) in [5.74, 6) is 1.44. The van der Waals surface area contributed by atoms with E-state index in [4.69, 9.17) is 9.47 Å². The van der Waals surface area contributed by atoms with Crippen LogP contribution < -0.4 is 10.1 Å². The van der Waals surface area contributed by atoms with E-state index < -0.39 is 0 Å². The monoisotopic (exact) mass is 327 g/mol. The third kappa shape index (κ3) is 3.86. The summed E-state index contributed by atoms with van der Waals surface area (Å²) in [5, 5.41) is 3.60. The minimum atomic E-state index is 0.357. The SMILES string of the molecule is COc1ccc(Br)c(NC2CCOC(C(C)C)C2)c1. The number of ether oxygens (including phenoxy) is 2. The van der Waals surface area contributed by atoms with Gasteiger partial charge in [-0.2, -0.15) is 0 Å². The van der Waals surface area contributed by atoms with Crippen molar-refractivity contribution in [3.8, 4) is 5.75 Å². The zero-order chi connectivity index (χ0) is 13.8. The van der Waals surface area contributed by atoms with Crippen LogP contribution in [0.15, 0.2) is 22.7 Å². The van der Waals surface area contributed by atoms with Crippen molar-refractivity contribution in [2.45, 2.75) is 38.8 Å². The number of benzene rings is 1. The van der Waals surface area contributed by atoms with E-state index in [-0.39, 0.29) is 0 Å². The summed E-state index contributed by atoms with van der Waals surface area (Å²) in [7, 11) is 1.69. The first-order valence-electron chi connectivity index (χ1n) is 6.82. The minimum Gasteiger partial charge on any atom is -0.497 e. The maximum atomic E-state index is 5.81. The largest absolute Gasteiger partial charge is 0.497 e. The van der Waals surface area contributed by atoms with Crippen LogP contribution in [0.2, 0.25) is 0 Å². The normalized spacial score (nSPS) is 23.4. The average molecular weight is 328 g/mol. The molecule has 1 heterocycles. The summed E-state index contributed by atoms with van der Waals surface area (Å²) in [6, 6.07) is 6.46. The zero-order valence-electron chi connectivity index (χ0n) is 11.8. The minimum absolute atomic E-state index is 0.357. The van der Waals surface area contributed by atoms with Crippen LogP contribution in [0.5, 0.6) is 5.75 Å². The molecule has 1 N–H and O–H groups in total. The number of nitrogens with one attached hydrogen (secondary N) is 1. The third-order valence-corrected chi connectivity index (χ3v) is 4.28. The Bertz CT molecular complexity index is 423. The van der Waals surface area contributed by atoms with Crippen LogP contribution in [0.1, 0.15) is 26.7 Å². The van der Waals surface area contributed by atoms with Crippen molar-refractivity contribution in [3.63, 3.8) is 0 Å². The average Bonchev–Trinajstić information content (AvgIpc) is 2.41. The number of methoxy groups -OCH3 is 1. The number of rotatable bonds is 4. The van der Waals surface area contributed by atoms with Crippen molar-refractivity contribution in [1.82, 2.24) is 0 Å². The summed E-state index contributed by atoms with van der Waals surface area (Å²) in [4.78, 5) is 0. The maximum absolute atomic E-state index is 5.81. The van der Waals surface area contributed by atoms with Crippen LogP contribution >= 0.6 is 15.9 Å². The quantitative estimate of drug-likeness (QED) is 0.904. The molecule has 2 unspecified atom stereocenters. The molecular weight excluding hydrogens is 306 g/mol. The molecule has 1 aromatic rings. The Morgan fingerprint density at radius 2 is 2.21 bits per heavy atom. The van der Waals surface area contributed by atoms with Gasteiger partial charge in [-0.25, -0.2) is 0 Å². The second-order valence-electron chi connectivity index (χ2n) is 5.36. The van der Waals surface area contributed by atoms with Crippen LogP contribution in [0.4, 0.5) is 5.69 Å². The highest BCUT2D eigenvalue weighted by molar-refractivity contribution is 9.10. The Labute approximate surface area is 123 Å². The van der Waals surface area contributed by atoms with Crippen molar-refractivity contribution in [1.29, 1.82) is 0 Å². The van der Waals surface area contributed by atoms with E-state index in [1.165, 1.54) is 0 Å². The van der Waals surface area contributed by atoms with Crippen LogP contribution in [0.25, 0.3) is 0 Å². The van der Waals surface area contributed by atoms with Gasteiger partial charge in [0.15, 0.2) is 0 Å². The number of halogens is 1. The van der Waals surface area contributed by atoms with Crippen LogP contribution in [-0.2, 0) is 4.74 Å². The molecule has 0 bridgehead atoms. The Morgan fingerprint density at radius 3 is 2.89 bits per heavy atom. The van der Waals surface area contributed by atoms with Gasteiger partial charge in [0.25, 0.3) is 0 Å². The third-order valence-electron chi connectivity index (χ3n) is 3.59. The second kappa shape index (κ2) is 6.62. The van der Waals surface area contributed by atoms with Crippen molar-refractivity contribution in [2.75, 3.05) is 19.0 Å². The smallest absolute Gasteiger partial charge is 0.121 e. The molecule has 106 valence electrons. The molecule has 0 saturated carbocycles. The molecule has 4 heteroatoms. The summed E-state index contributed by atoms with van der Waals surface area (Å²) in [6.45, 7) is 5.27. The van der Waals surface area contributed by atoms with Crippen molar-refractivity contribution < 1.29 is 9.47 Å². The zero-order valence-corrected chi connectivity index (χ0v) is 13.4. The fourth-order valence-corrected chi connectivity index (χ4v) is 2.75. The van der Waals surface area contributed by atoms with Crippen molar-refractivity contribution in [2.24, 2.45) is 5.92 Å². The molecule has 3 nitrogen and oxygen atoms in total. The molecule has 0 aromatic heterocycles. The van der Waals surface area contributed by atoms with E-state index in [0.717, 1.165) is 35.4 Å². The van der Waals surface area contributed by atoms with Gasteiger partial charge in [0.2, 0.25) is 0 Å². The Hall–Kier alpha value is -0.740. The Balaban J connectivity index is 2.04. The molecule has 1 aromatic carbocycles. The molecule has 19 heavy (non-hydrogen) atoms. The summed E-state index contributed by atoms with van der Waals surface area (Å²) >= 11 is 3.58. The first-order chi connectivity index (χ1) is 9.10. The number of hydrogen-bond donors (Lipinski definition) is 1. The number of hydrogen-bond acceptors (Lipinski definition) is 3. The molecule has 2 rings (SSSR count). The van der Waals surface area contributed by atoms with Gasteiger partial charge in [-0.05, 0) is 46.8 Å². The van der Waals surface area contributed by atoms with Gasteiger partial charge in [0, 0.05) is 23.2 Å². The summed E-state index contributed by atoms with van der Waals surface area (Å²) < 4.78 is 12.1. The Kier molecular flexibility index (Phi) is 5.11. The molecule has 2 atom stereocenters. The van der Waals surface area contributed by atoms with Gasteiger partial charge in [-0.1, -0.05) is 13.8 Å². The second-order valence-corrected chi connectivity index (χ2v) is 6.22. The molecule has 0 aliphatic carbocycles. The van der Waals surface area contributed by atoms with Gasteiger partial charge in [-0.3, -0.25) is 0 Å². The fraction of sp³-hybridized carbons (Fsp3) is 0.600. The summed E-state index contributed by atoms with van der Waals surface area (Å²) in [6.07, 6.45) is 2.46. The lowest BCUT2D eigenvalue weighted by molar-refractivity contribution is -0.0160. The number of anilines is 1. The molecule has 1 saturated heterocycles. The summed E-state index contributed by atoms with van der Waals surface area (Å²) in [5.41, 5.74) is 1.09. The maximum Gasteiger partial charge on any atom is 0.121 e. The van der Waals surface area contributed by atoms with E-state index in [2.05, 4.69) is 35.1 Å². The van der Waals surface area contributed by atoms with E-state index in [1.54, 1.807) is 7.11 Å². The van der Waals surface area contributed by atoms with Gasteiger partial charge < -0.3 is 14.8 Å². The van der Waals surface area contributed by atoms with E-state index in [9.17, 15) is 0 Å². The van der Waals surface area contributed by atoms with Crippen molar-refractivity contribution >= 4 is 21.6 Å². The molecule has 1 aliphatic rings. The topological polar surface area (TPSA) is 30.5 Å². The van der Waals surface area contributed by atoms with E-state index >= 15 is 0 Å². The Morgan fingerprint density at radius 1 is 1.42 bits per heavy atom. The van der Waals surface area contributed by atoms with E-state index in [0.29, 0.717) is 18.1 Å². The standard InChI is InChI=1S/C15H22BrNO2/c1-10(2)15-8-11(6-7-19-15)17-14-9-12(18-3)4-5-13(14)16/h4-5,9-11,15,17H,6-8H2,1-3H3. The van der Waals surface area contributed by atoms with Crippen molar-refractivity contribution in [3.05, 3.63) is 22.7 Å². The predicted molar refractivity (Wildman–Crippen MR) is 81.9 cm³/mol. The highest BCUT2D eigenvalue weighted by Gasteiger charge is 2.25. The first kappa shape index (κ1) is 14.7.